The molecule has 3 aromatic rings. The third-order valence-corrected chi connectivity index (χ3v) is 9.77. The summed E-state index contributed by atoms with van der Waals surface area (Å²) in [5.74, 6) is -4.08. The van der Waals surface area contributed by atoms with Crippen LogP contribution in [0.25, 0.3) is 0 Å². The highest BCUT2D eigenvalue weighted by molar-refractivity contribution is 6.08. The van der Waals surface area contributed by atoms with Gasteiger partial charge in [0.05, 0.1) is 43.9 Å². The van der Waals surface area contributed by atoms with Crippen LogP contribution in [-0.4, -0.2) is 45.6 Å². The summed E-state index contributed by atoms with van der Waals surface area (Å²) < 4.78 is 5.30. The van der Waals surface area contributed by atoms with Crippen molar-refractivity contribution in [3.05, 3.63) is 107 Å². The number of fused-ring (bicyclic) bond motifs is 4. The van der Waals surface area contributed by atoms with Crippen molar-refractivity contribution in [1.29, 1.82) is 0 Å². The molecular formula is C35H32N2O6. The molecule has 6 atom stereocenters. The minimum atomic E-state index is -0.720. The fourth-order valence-electron chi connectivity index (χ4n) is 7.82. The standard InChI is InChI=1S/C35H32N2O6/c1-43-22-12-13-24(28(38)16-22)29-23-14-15-25-30(34(41)36(32(25)39)18-20-8-4-2-5-9-20)26(23)17-27-31(29)35(42)37(33(27)40)19-21-10-6-3-7-11-21/h2-14,16,25-27,29-31,38H,15,17-19H2,1H3/t25-,26+,27+,29+,30-,31+/m0/s1. The Labute approximate surface area is 249 Å². The van der Waals surface area contributed by atoms with Gasteiger partial charge in [0.2, 0.25) is 23.6 Å². The number of phenols is 1. The second-order valence-electron chi connectivity index (χ2n) is 11.9. The molecule has 0 radical (unpaired) electrons. The number of allylic oxidation sites excluding steroid dienone is 2. The van der Waals surface area contributed by atoms with Gasteiger partial charge in [0.15, 0.2) is 0 Å². The van der Waals surface area contributed by atoms with Crippen molar-refractivity contribution in [3.8, 4) is 11.5 Å². The van der Waals surface area contributed by atoms with E-state index in [4.69, 9.17) is 4.74 Å². The van der Waals surface area contributed by atoms with E-state index in [1.54, 1.807) is 12.1 Å². The Bertz CT molecular complexity index is 1650. The summed E-state index contributed by atoms with van der Waals surface area (Å²) in [5.41, 5.74) is 3.09. The van der Waals surface area contributed by atoms with Gasteiger partial charge < -0.3 is 9.84 Å². The Balaban J connectivity index is 1.29. The summed E-state index contributed by atoms with van der Waals surface area (Å²) in [4.78, 5) is 58.3. The smallest absolute Gasteiger partial charge is 0.234 e. The molecule has 7 rings (SSSR count). The summed E-state index contributed by atoms with van der Waals surface area (Å²) in [7, 11) is 1.51. The van der Waals surface area contributed by atoms with Crippen LogP contribution in [0, 0.1) is 29.6 Å². The Hall–Kier alpha value is -4.72. The van der Waals surface area contributed by atoms with Gasteiger partial charge in [-0.1, -0.05) is 78.4 Å². The van der Waals surface area contributed by atoms with E-state index in [0.717, 1.165) is 16.7 Å². The van der Waals surface area contributed by atoms with Gasteiger partial charge in [0, 0.05) is 17.5 Å². The van der Waals surface area contributed by atoms with Gasteiger partial charge in [0.1, 0.15) is 11.5 Å². The zero-order valence-electron chi connectivity index (χ0n) is 23.8. The van der Waals surface area contributed by atoms with Crippen LogP contribution in [0.15, 0.2) is 90.5 Å². The normalized spacial score (nSPS) is 28.0. The Morgan fingerprint density at radius 2 is 1.30 bits per heavy atom. The van der Waals surface area contributed by atoms with Gasteiger partial charge in [-0.25, -0.2) is 0 Å². The van der Waals surface area contributed by atoms with Crippen LogP contribution >= 0.6 is 0 Å². The molecule has 0 spiro atoms. The molecule has 0 aromatic heterocycles. The van der Waals surface area contributed by atoms with Crippen molar-refractivity contribution in [3.63, 3.8) is 0 Å². The van der Waals surface area contributed by atoms with E-state index in [-0.39, 0.29) is 42.5 Å². The maximum atomic E-state index is 14.1. The van der Waals surface area contributed by atoms with Crippen LogP contribution in [0.4, 0.5) is 0 Å². The molecule has 43 heavy (non-hydrogen) atoms. The lowest BCUT2D eigenvalue weighted by atomic mass is 9.57. The van der Waals surface area contributed by atoms with Crippen molar-refractivity contribution < 1.29 is 29.0 Å². The van der Waals surface area contributed by atoms with Gasteiger partial charge in [-0.15, -0.1) is 0 Å². The van der Waals surface area contributed by atoms with Crippen molar-refractivity contribution in [2.45, 2.75) is 31.8 Å². The maximum Gasteiger partial charge on any atom is 0.234 e. The largest absolute Gasteiger partial charge is 0.508 e. The van der Waals surface area contributed by atoms with E-state index < -0.39 is 35.5 Å². The number of methoxy groups -OCH3 is 1. The van der Waals surface area contributed by atoms with Crippen LogP contribution in [0.2, 0.25) is 0 Å². The van der Waals surface area contributed by atoms with Crippen molar-refractivity contribution >= 4 is 23.6 Å². The van der Waals surface area contributed by atoms with Crippen LogP contribution < -0.4 is 4.74 Å². The third kappa shape index (κ3) is 4.35. The molecule has 218 valence electrons. The summed E-state index contributed by atoms with van der Waals surface area (Å²) in [6.07, 6.45) is 2.66. The van der Waals surface area contributed by atoms with Gasteiger partial charge in [-0.2, -0.15) is 0 Å². The monoisotopic (exact) mass is 576 g/mol. The summed E-state index contributed by atoms with van der Waals surface area (Å²) in [5, 5.41) is 11.2. The summed E-state index contributed by atoms with van der Waals surface area (Å²) in [6.45, 7) is 0.357. The molecule has 2 saturated heterocycles. The molecule has 8 nitrogen and oxygen atoms in total. The highest BCUT2D eigenvalue weighted by Crippen LogP contribution is 2.59. The number of nitrogens with zero attached hydrogens (tertiary/aromatic N) is 2. The Kier molecular flexibility index (Phi) is 6.64. The average molecular weight is 577 g/mol. The van der Waals surface area contributed by atoms with E-state index in [9.17, 15) is 24.3 Å². The number of hydrogen-bond donors (Lipinski definition) is 1. The van der Waals surface area contributed by atoms with E-state index >= 15 is 0 Å². The lowest BCUT2D eigenvalue weighted by Crippen LogP contribution is -2.43. The number of rotatable bonds is 6. The van der Waals surface area contributed by atoms with Crippen LogP contribution in [0.1, 0.15) is 35.4 Å². The maximum absolute atomic E-state index is 14.1. The highest BCUT2D eigenvalue weighted by atomic mass is 16.5. The highest BCUT2D eigenvalue weighted by Gasteiger charge is 2.62. The molecule has 0 bridgehead atoms. The number of carbonyl (C=O) groups is 4. The fourth-order valence-corrected chi connectivity index (χ4v) is 7.82. The van der Waals surface area contributed by atoms with Crippen LogP contribution in [0.5, 0.6) is 11.5 Å². The molecule has 4 amide bonds. The first-order chi connectivity index (χ1) is 20.9. The predicted molar refractivity (Wildman–Crippen MR) is 156 cm³/mol. The second kappa shape index (κ2) is 10.5. The zero-order chi connectivity index (χ0) is 29.8. The van der Waals surface area contributed by atoms with Crippen LogP contribution in [-0.2, 0) is 32.3 Å². The number of hydrogen-bond acceptors (Lipinski definition) is 6. The number of amides is 4. The average Bonchev–Trinajstić information content (AvgIpc) is 3.41. The van der Waals surface area contributed by atoms with Crippen molar-refractivity contribution in [1.82, 2.24) is 9.80 Å². The number of likely N-dealkylation sites (tertiary alicyclic amines) is 2. The minimum Gasteiger partial charge on any atom is -0.508 e. The number of imide groups is 2. The van der Waals surface area contributed by atoms with Gasteiger partial charge in [-0.05, 0) is 36.0 Å². The number of aromatic hydroxyl groups is 1. The first-order valence-corrected chi connectivity index (χ1v) is 14.7. The molecule has 3 fully saturated rings. The number of benzene rings is 3. The molecule has 0 unspecified atom stereocenters. The molecule has 1 saturated carbocycles. The summed E-state index contributed by atoms with van der Waals surface area (Å²) >= 11 is 0. The first kappa shape index (κ1) is 27.1. The molecule has 4 aliphatic rings. The van der Waals surface area contributed by atoms with Gasteiger partial charge >= 0.3 is 0 Å². The minimum absolute atomic E-state index is 0.0342. The quantitative estimate of drug-likeness (QED) is 0.344. The first-order valence-electron chi connectivity index (χ1n) is 14.7. The topological polar surface area (TPSA) is 104 Å². The molecule has 3 aromatic carbocycles. The van der Waals surface area contributed by atoms with Gasteiger partial charge in [0.25, 0.3) is 0 Å². The number of ether oxygens (including phenoxy) is 1. The predicted octanol–water partition coefficient (Wildman–Crippen LogP) is 4.44. The van der Waals surface area contributed by atoms with E-state index in [2.05, 4.69) is 0 Å². The van der Waals surface area contributed by atoms with Crippen molar-refractivity contribution in [2.24, 2.45) is 29.6 Å². The summed E-state index contributed by atoms with van der Waals surface area (Å²) in [6, 6.07) is 23.8. The Morgan fingerprint density at radius 3 is 1.88 bits per heavy atom. The molecule has 2 aliphatic heterocycles. The molecular weight excluding hydrogens is 544 g/mol. The molecule has 2 heterocycles. The fraction of sp³-hybridized carbons (Fsp3) is 0.314. The molecule has 2 aliphatic carbocycles. The van der Waals surface area contributed by atoms with E-state index in [1.165, 1.54) is 23.0 Å². The third-order valence-electron chi connectivity index (χ3n) is 9.77. The van der Waals surface area contributed by atoms with Gasteiger partial charge in [-0.3, -0.25) is 29.0 Å². The van der Waals surface area contributed by atoms with E-state index in [1.807, 2.05) is 66.7 Å². The molecule has 1 N–H and O–H groups in total. The van der Waals surface area contributed by atoms with Crippen LogP contribution in [0.3, 0.4) is 0 Å². The number of carbonyl (C=O) groups excluding carboxylic acids is 4. The SMILES string of the molecule is COc1ccc([C@H]2C3=CC[C@@H]4C(=O)N(Cc5ccccc5)C(=O)[C@@H]4[C@@H]3C[C@H]3C(=O)N(Cc4ccccc4)C(=O)[C@@H]23)c(O)c1. The van der Waals surface area contributed by atoms with E-state index in [0.29, 0.717) is 24.2 Å². The zero-order valence-corrected chi connectivity index (χ0v) is 23.8. The Morgan fingerprint density at radius 1 is 0.721 bits per heavy atom. The number of phenolic OH excluding ortho intramolecular Hbond substituents is 1. The lowest BCUT2D eigenvalue weighted by Gasteiger charge is -2.44. The molecule has 8 heteroatoms. The lowest BCUT2D eigenvalue weighted by molar-refractivity contribution is -0.142. The second-order valence-corrected chi connectivity index (χ2v) is 11.9. The van der Waals surface area contributed by atoms with Crippen molar-refractivity contribution in [2.75, 3.05) is 7.11 Å².